The van der Waals surface area contributed by atoms with Crippen LogP contribution in [0.15, 0.2) is 108 Å². The summed E-state index contributed by atoms with van der Waals surface area (Å²) in [5, 5.41) is 11.3. The van der Waals surface area contributed by atoms with Crippen LogP contribution in [0.25, 0.3) is 28.1 Å². The Kier molecular flexibility index (Phi) is 5.75. The summed E-state index contributed by atoms with van der Waals surface area (Å²) in [6.07, 6.45) is 2.21. The number of hydrogen-bond acceptors (Lipinski definition) is 7. The number of benzene rings is 3. The van der Waals surface area contributed by atoms with E-state index in [4.69, 9.17) is 10.6 Å². The molecule has 5 aromatic rings. The number of thioether (sulfide) groups is 1. The maximum atomic E-state index is 6.49. The number of thiol groups is 1. The number of nitrogens with zero attached hydrogens (tertiary/aromatic N) is 5. The summed E-state index contributed by atoms with van der Waals surface area (Å²) in [7, 11) is 1.67. The van der Waals surface area contributed by atoms with Crippen molar-refractivity contribution in [3.05, 3.63) is 125 Å². The molecular formula is C30H24N6OS2. The fourth-order valence-corrected chi connectivity index (χ4v) is 6.48. The standard InChI is InChI=1S/C30H24N6OS2/c1-37-23-14-12-21(13-15-23)27-26(28-32-33-29(38)36(28)31)24-16-22(19-8-4-2-5-9-19)17-34(24)30-35(27)25(18-39-30)20-10-6-3-7-11-20/h2-18,30H,31H2,1H3,(H,33,38). The summed E-state index contributed by atoms with van der Waals surface area (Å²) < 4.78 is 9.21. The van der Waals surface area contributed by atoms with Gasteiger partial charge in [-0.15, -0.1) is 22.8 Å². The quantitative estimate of drug-likeness (QED) is 0.202. The Balaban J connectivity index is 1.54. The molecule has 3 aromatic carbocycles. The third-order valence-electron chi connectivity index (χ3n) is 7.04. The molecule has 0 amide bonds. The van der Waals surface area contributed by atoms with Gasteiger partial charge >= 0.3 is 0 Å². The van der Waals surface area contributed by atoms with Crippen LogP contribution in [-0.2, 0) is 0 Å². The predicted molar refractivity (Wildman–Crippen MR) is 159 cm³/mol. The van der Waals surface area contributed by atoms with Crippen molar-refractivity contribution in [1.29, 1.82) is 0 Å². The molecule has 7 nitrogen and oxygen atoms in total. The van der Waals surface area contributed by atoms with Gasteiger partial charge in [-0.1, -0.05) is 72.4 Å². The van der Waals surface area contributed by atoms with Gasteiger partial charge in [-0.2, -0.15) is 0 Å². The molecule has 0 radical (unpaired) electrons. The van der Waals surface area contributed by atoms with Crippen molar-refractivity contribution in [3.8, 4) is 16.9 Å². The summed E-state index contributed by atoms with van der Waals surface area (Å²) in [5.41, 5.74) is 8.31. The first kappa shape index (κ1) is 23.8. The van der Waals surface area contributed by atoms with Crippen LogP contribution in [0.3, 0.4) is 0 Å². The number of fused-ring (bicyclic) bond motifs is 3. The fourth-order valence-electron chi connectivity index (χ4n) is 5.20. The molecule has 9 heteroatoms. The lowest BCUT2D eigenvalue weighted by molar-refractivity contribution is 0.413. The van der Waals surface area contributed by atoms with Crippen molar-refractivity contribution in [2.24, 2.45) is 0 Å². The first-order valence-electron chi connectivity index (χ1n) is 12.4. The molecule has 0 saturated carbocycles. The number of methoxy groups -OCH3 is 1. The molecule has 39 heavy (non-hydrogen) atoms. The summed E-state index contributed by atoms with van der Waals surface area (Å²) >= 11 is 6.23. The van der Waals surface area contributed by atoms with Crippen molar-refractivity contribution in [2.45, 2.75) is 10.7 Å². The van der Waals surface area contributed by atoms with E-state index in [1.54, 1.807) is 18.9 Å². The zero-order valence-corrected chi connectivity index (χ0v) is 22.7. The smallest absolute Gasteiger partial charge is 0.206 e. The third-order valence-corrected chi connectivity index (χ3v) is 8.39. The average Bonchev–Trinajstić information content (AvgIpc) is 3.71. The molecular weight excluding hydrogens is 525 g/mol. The van der Waals surface area contributed by atoms with E-state index in [1.165, 1.54) is 4.68 Å². The van der Waals surface area contributed by atoms with Gasteiger partial charge in [0, 0.05) is 11.8 Å². The van der Waals surface area contributed by atoms with Crippen LogP contribution in [0.2, 0.25) is 0 Å². The van der Waals surface area contributed by atoms with Gasteiger partial charge < -0.3 is 20.0 Å². The Morgan fingerprint density at radius 1 is 0.846 bits per heavy atom. The van der Waals surface area contributed by atoms with E-state index >= 15 is 0 Å². The van der Waals surface area contributed by atoms with Gasteiger partial charge in [0.15, 0.2) is 11.3 Å². The third kappa shape index (κ3) is 3.85. The topological polar surface area (TPSA) is 74.1 Å². The van der Waals surface area contributed by atoms with Crippen molar-refractivity contribution in [3.63, 3.8) is 0 Å². The lowest BCUT2D eigenvalue weighted by Gasteiger charge is -2.38. The summed E-state index contributed by atoms with van der Waals surface area (Å²) in [5.74, 6) is 7.81. The SMILES string of the molecule is COc1ccc(C2=C(c3nnc(S)n3N)c3cc(-c4ccccc4)cn3C3SC=C(c4ccccc4)N23)cc1. The van der Waals surface area contributed by atoms with Gasteiger partial charge in [0.1, 0.15) is 5.75 Å². The molecule has 7 rings (SSSR count). The Morgan fingerprint density at radius 3 is 2.18 bits per heavy atom. The highest BCUT2D eigenvalue weighted by molar-refractivity contribution is 8.02. The Bertz CT molecular complexity index is 1740. The summed E-state index contributed by atoms with van der Waals surface area (Å²) in [4.78, 5) is 2.37. The zero-order chi connectivity index (χ0) is 26.5. The van der Waals surface area contributed by atoms with E-state index in [0.29, 0.717) is 11.0 Å². The lowest BCUT2D eigenvalue weighted by atomic mass is 9.98. The van der Waals surface area contributed by atoms with Crippen LogP contribution < -0.4 is 10.6 Å². The Labute approximate surface area is 235 Å². The van der Waals surface area contributed by atoms with Crippen LogP contribution in [0, 0.1) is 0 Å². The molecule has 192 valence electrons. The highest BCUT2D eigenvalue weighted by Gasteiger charge is 2.41. The van der Waals surface area contributed by atoms with Crippen molar-refractivity contribution >= 4 is 41.4 Å². The number of hydrogen-bond donors (Lipinski definition) is 2. The number of nitrogen functional groups attached to an aromatic ring is 1. The minimum Gasteiger partial charge on any atom is -0.497 e. The highest BCUT2D eigenvalue weighted by Crippen LogP contribution is 2.55. The van der Waals surface area contributed by atoms with Gasteiger partial charge in [-0.05, 0) is 52.4 Å². The Hall–Kier alpha value is -4.34. The maximum Gasteiger partial charge on any atom is 0.206 e. The lowest BCUT2D eigenvalue weighted by Crippen LogP contribution is -2.31. The molecule has 0 spiro atoms. The van der Waals surface area contributed by atoms with Crippen molar-refractivity contribution < 1.29 is 4.74 Å². The highest BCUT2D eigenvalue weighted by atomic mass is 32.2. The number of nitrogens with two attached hydrogens (primary N) is 1. The van der Waals surface area contributed by atoms with Crippen LogP contribution in [0.1, 0.15) is 28.1 Å². The van der Waals surface area contributed by atoms with E-state index in [2.05, 4.69) is 111 Å². The second-order valence-electron chi connectivity index (χ2n) is 9.23. The monoisotopic (exact) mass is 548 g/mol. The minimum absolute atomic E-state index is 0.0434. The van der Waals surface area contributed by atoms with Crippen LogP contribution in [-0.4, -0.2) is 31.5 Å². The van der Waals surface area contributed by atoms with Gasteiger partial charge in [-0.3, -0.25) is 0 Å². The molecule has 1 atom stereocenters. The van der Waals surface area contributed by atoms with Gasteiger partial charge in [-0.25, -0.2) is 4.68 Å². The van der Waals surface area contributed by atoms with E-state index in [1.807, 2.05) is 24.3 Å². The van der Waals surface area contributed by atoms with Crippen LogP contribution in [0.5, 0.6) is 5.75 Å². The van der Waals surface area contributed by atoms with E-state index in [-0.39, 0.29) is 5.50 Å². The summed E-state index contributed by atoms with van der Waals surface area (Å²) in [6.45, 7) is 0. The fraction of sp³-hybridized carbons (Fsp3) is 0.0667. The molecule has 0 fully saturated rings. The molecule has 0 saturated heterocycles. The molecule has 2 aliphatic heterocycles. The predicted octanol–water partition coefficient (Wildman–Crippen LogP) is 6.19. The largest absolute Gasteiger partial charge is 0.497 e. The summed E-state index contributed by atoms with van der Waals surface area (Å²) in [6, 6.07) is 31.1. The second-order valence-corrected chi connectivity index (χ2v) is 10.6. The zero-order valence-electron chi connectivity index (χ0n) is 21.0. The second kappa shape index (κ2) is 9.44. The number of aromatic nitrogens is 4. The molecule has 2 aliphatic rings. The number of ether oxygens (including phenoxy) is 1. The molecule has 0 aliphatic carbocycles. The van der Waals surface area contributed by atoms with Crippen molar-refractivity contribution in [2.75, 3.05) is 13.0 Å². The van der Waals surface area contributed by atoms with Crippen molar-refractivity contribution in [1.82, 2.24) is 24.3 Å². The van der Waals surface area contributed by atoms with E-state index in [0.717, 1.165) is 50.7 Å². The van der Waals surface area contributed by atoms with Gasteiger partial charge in [0.2, 0.25) is 5.16 Å². The normalized spacial score (nSPS) is 16.2. The average molecular weight is 549 g/mol. The minimum atomic E-state index is -0.0434. The first-order valence-corrected chi connectivity index (χ1v) is 13.8. The number of rotatable bonds is 5. The molecule has 2 aromatic heterocycles. The molecule has 1 unspecified atom stereocenters. The van der Waals surface area contributed by atoms with E-state index in [9.17, 15) is 0 Å². The Morgan fingerprint density at radius 2 is 1.54 bits per heavy atom. The molecule has 0 bridgehead atoms. The van der Waals surface area contributed by atoms with Gasteiger partial charge in [0.25, 0.3) is 0 Å². The maximum absolute atomic E-state index is 6.49. The van der Waals surface area contributed by atoms with Gasteiger partial charge in [0.05, 0.1) is 29.8 Å². The molecule has 4 heterocycles. The van der Waals surface area contributed by atoms with Crippen LogP contribution >= 0.6 is 24.4 Å². The molecule has 2 N–H and O–H groups in total. The first-order chi connectivity index (χ1) is 19.1. The van der Waals surface area contributed by atoms with E-state index < -0.39 is 0 Å². The van der Waals surface area contributed by atoms with Crippen LogP contribution in [0.4, 0.5) is 0 Å².